The summed E-state index contributed by atoms with van der Waals surface area (Å²) in [5, 5.41) is 10.2. The SMILES string of the molecule is O=C([O-])C(F)(C(F)(F)F)C(F)(F)N1C(F)(F)C(F)(C(F)(F)F)OC(F)(C(F)(F)F)C1(F)F. The van der Waals surface area contributed by atoms with Crippen LogP contribution in [0.1, 0.15) is 0 Å². The van der Waals surface area contributed by atoms with Gasteiger partial charge in [-0.15, -0.1) is 4.90 Å². The molecule has 190 valence electrons. The van der Waals surface area contributed by atoms with Gasteiger partial charge in [-0.25, -0.2) is 4.39 Å². The molecule has 0 aromatic heterocycles. The highest BCUT2D eigenvalue weighted by atomic mass is 19.4. The minimum absolute atomic E-state index is 1.48. The third-order valence-electron chi connectivity index (χ3n) is 3.71. The predicted molar refractivity (Wildman–Crippen MR) is 52.5 cm³/mol. The highest BCUT2D eigenvalue weighted by molar-refractivity contribution is 5.78. The average Bonchev–Trinajstić information content (AvgIpc) is 2.47. The monoisotopic (exact) mass is 524 g/mol. The quantitative estimate of drug-likeness (QED) is 0.419. The maximum absolute atomic E-state index is 13.9. The second-order valence-corrected chi connectivity index (χ2v) is 5.69. The smallest absolute Gasteiger partial charge is 0.456 e. The summed E-state index contributed by atoms with van der Waals surface area (Å²) in [6, 6.07) is -25.1. The van der Waals surface area contributed by atoms with Crippen molar-refractivity contribution in [1.82, 2.24) is 4.90 Å². The van der Waals surface area contributed by atoms with Gasteiger partial charge >= 0.3 is 54.0 Å². The molecule has 0 N–H and O–H groups in total. The van der Waals surface area contributed by atoms with E-state index in [-0.39, 0.29) is 0 Å². The van der Waals surface area contributed by atoms with E-state index in [9.17, 15) is 88.9 Å². The van der Waals surface area contributed by atoms with E-state index in [0.717, 1.165) is 0 Å². The summed E-state index contributed by atoms with van der Waals surface area (Å²) in [6.45, 7) is 0. The molecule has 1 heterocycles. The number of hydrogen-bond donors (Lipinski definition) is 0. The van der Waals surface area contributed by atoms with Crippen LogP contribution in [0.5, 0.6) is 0 Å². The third kappa shape index (κ3) is 3.07. The molecule has 0 aromatic rings. The van der Waals surface area contributed by atoms with Crippen LogP contribution in [0.4, 0.5) is 79.0 Å². The molecule has 1 aliphatic rings. The molecule has 3 unspecified atom stereocenters. The summed E-state index contributed by atoms with van der Waals surface area (Å²) in [7, 11) is 0. The number of carboxylic acid groups (broad SMARTS) is 1. The number of alkyl halides is 18. The molecule has 22 heteroatoms. The Balaban J connectivity index is 4.24. The van der Waals surface area contributed by atoms with Crippen molar-refractivity contribution < 1.29 is 93.7 Å². The molecule has 0 bridgehead atoms. The minimum Gasteiger partial charge on any atom is -0.546 e. The fourth-order valence-electron chi connectivity index (χ4n) is 2.15. The lowest BCUT2D eigenvalue weighted by atomic mass is 9.96. The third-order valence-corrected chi connectivity index (χ3v) is 3.71. The first kappa shape index (κ1) is 28.2. The molecule has 4 nitrogen and oxygen atoms in total. The number of rotatable bonds is 3. The van der Waals surface area contributed by atoms with Gasteiger partial charge in [0, 0.05) is 0 Å². The number of carboxylic acids is 1. The van der Waals surface area contributed by atoms with Crippen molar-refractivity contribution >= 4 is 5.97 Å². The summed E-state index contributed by atoms with van der Waals surface area (Å²) in [5.41, 5.74) is -8.00. The van der Waals surface area contributed by atoms with Crippen LogP contribution in [0.25, 0.3) is 0 Å². The molecule has 1 fully saturated rings. The van der Waals surface area contributed by atoms with E-state index in [1.165, 1.54) is 4.74 Å². The Morgan fingerprint density at radius 1 is 0.656 bits per heavy atom. The van der Waals surface area contributed by atoms with Gasteiger partial charge in [-0.05, 0) is 0 Å². The lowest BCUT2D eigenvalue weighted by Gasteiger charge is -2.56. The van der Waals surface area contributed by atoms with E-state index in [4.69, 9.17) is 0 Å². The summed E-state index contributed by atoms with van der Waals surface area (Å²) in [6.07, 6.45) is -23.8. The lowest BCUT2D eigenvalue weighted by molar-refractivity contribution is -0.602. The summed E-state index contributed by atoms with van der Waals surface area (Å²) in [4.78, 5) is 5.43. The van der Waals surface area contributed by atoms with Crippen LogP contribution in [0, 0.1) is 0 Å². The number of carbonyl (C=O) groups excluding carboxylic acids is 1. The Bertz CT molecular complexity index is 732. The van der Waals surface area contributed by atoms with Gasteiger partial charge in [0.15, 0.2) is 0 Å². The molecule has 0 radical (unpaired) electrons. The zero-order chi connectivity index (χ0) is 26.4. The first-order chi connectivity index (χ1) is 13.5. The van der Waals surface area contributed by atoms with E-state index in [1.54, 1.807) is 0 Å². The molecule has 0 aromatic carbocycles. The maximum atomic E-state index is 13.9. The molecule has 0 aliphatic carbocycles. The average molecular weight is 524 g/mol. The lowest BCUT2D eigenvalue weighted by Crippen LogP contribution is -2.87. The minimum atomic E-state index is -8.54. The normalized spacial score (nSPS) is 31.8. The topological polar surface area (TPSA) is 52.6 Å². The molecular formula is C10F18NO3-. The van der Waals surface area contributed by atoms with Gasteiger partial charge in [0.05, 0.1) is 5.97 Å². The van der Waals surface area contributed by atoms with Crippen molar-refractivity contribution in [2.24, 2.45) is 0 Å². The molecule has 0 saturated carbocycles. The molecule has 1 rings (SSSR count). The summed E-state index contributed by atoms with van der Waals surface area (Å²) in [5.74, 6) is -21.0. The molecule has 1 aliphatic heterocycles. The van der Waals surface area contributed by atoms with Gasteiger partial charge in [0.1, 0.15) is 0 Å². The second-order valence-electron chi connectivity index (χ2n) is 5.69. The zero-order valence-corrected chi connectivity index (χ0v) is 13.5. The molecule has 0 amide bonds. The van der Waals surface area contributed by atoms with Crippen molar-refractivity contribution in [3.05, 3.63) is 0 Å². The largest absolute Gasteiger partial charge is 0.546 e. The molecular weight excluding hydrogens is 524 g/mol. The van der Waals surface area contributed by atoms with Crippen molar-refractivity contribution in [3.63, 3.8) is 0 Å². The number of halogens is 18. The Morgan fingerprint density at radius 2 is 0.938 bits per heavy atom. The van der Waals surface area contributed by atoms with Gasteiger partial charge < -0.3 is 9.90 Å². The number of morpholine rings is 1. The standard InChI is InChI=1S/C10HF18NO3/c11-2(1(30)31,5(14,15)16)8(23,24)29-9(25,26)3(12,6(17,18)19)32-4(13,7(20,21)22)10(29,27)28/h(H,30,31)/p-1. The van der Waals surface area contributed by atoms with E-state index in [2.05, 4.69) is 0 Å². The number of aliphatic carboxylic acids is 1. The van der Waals surface area contributed by atoms with Crippen molar-refractivity contribution in [3.8, 4) is 0 Å². The number of hydrogen-bond acceptors (Lipinski definition) is 4. The fraction of sp³-hybridized carbons (Fsp3) is 0.900. The summed E-state index contributed by atoms with van der Waals surface area (Å²) < 4.78 is 239. The fourth-order valence-corrected chi connectivity index (χ4v) is 2.15. The van der Waals surface area contributed by atoms with Gasteiger partial charge in [0.25, 0.3) is 0 Å². The number of ether oxygens (including phenoxy) is 1. The zero-order valence-electron chi connectivity index (χ0n) is 13.5. The Labute approximate surface area is 160 Å². The second kappa shape index (κ2) is 6.59. The molecule has 3 atom stereocenters. The van der Waals surface area contributed by atoms with E-state index >= 15 is 0 Å². The molecule has 32 heavy (non-hydrogen) atoms. The van der Waals surface area contributed by atoms with Crippen LogP contribution in [-0.4, -0.2) is 64.9 Å². The van der Waals surface area contributed by atoms with Crippen molar-refractivity contribution in [2.45, 2.75) is 54.0 Å². The van der Waals surface area contributed by atoms with Crippen LogP contribution in [0.2, 0.25) is 0 Å². The number of carbonyl (C=O) groups is 1. The summed E-state index contributed by atoms with van der Waals surface area (Å²) >= 11 is 0. The van der Waals surface area contributed by atoms with Gasteiger partial charge in [-0.3, -0.25) is 4.74 Å². The van der Waals surface area contributed by atoms with Crippen LogP contribution < -0.4 is 5.11 Å². The molecule has 0 spiro atoms. The van der Waals surface area contributed by atoms with Crippen LogP contribution >= 0.6 is 0 Å². The maximum Gasteiger partial charge on any atom is 0.456 e. The first-order valence-electron chi connectivity index (χ1n) is 6.64. The van der Waals surface area contributed by atoms with Crippen molar-refractivity contribution in [2.75, 3.05) is 0 Å². The highest BCUT2D eigenvalue weighted by Gasteiger charge is 2.97. The number of nitrogens with zero attached hydrogens (tertiary/aromatic N) is 1. The van der Waals surface area contributed by atoms with Crippen molar-refractivity contribution in [1.29, 1.82) is 0 Å². The van der Waals surface area contributed by atoms with E-state index < -0.39 is 64.9 Å². The van der Waals surface area contributed by atoms with Gasteiger partial charge in [0.2, 0.25) is 0 Å². The Morgan fingerprint density at radius 3 is 1.12 bits per heavy atom. The van der Waals surface area contributed by atoms with Crippen LogP contribution in [0.15, 0.2) is 0 Å². The van der Waals surface area contributed by atoms with E-state index in [0.29, 0.717) is 0 Å². The van der Waals surface area contributed by atoms with Gasteiger partial charge in [-0.1, -0.05) is 0 Å². The Kier molecular flexibility index (Phi) is 5.80. The van der Waals surface area contributed by atoms with E-state index in [1.807, 2.05) is 0 Å². The highest BCUT2D eigenvalue weighted by Crippen LogP contribution is 2.66. The predicted octanol–water partition coefficient (Wildman–Crippen LogP) is 3.57. The molecule has 1 saturated heterocycles. The van der Waals surface area contributed by atoms with Gasteiger partial charge in [-0.2, -0.15) is 74.6 Å². The first-order valence-corrected chi connectivity index (χ1v) is 6.64. The van der Waals surface area contributed by atoms with Crippen LogP contribution in [0.3, 0.4) is 0 Å². The Hall–Kier alpha value is -1.87. The van der Waals surface area contributed by atoms with Crippen LogP contribution in [-0.2, 0) is 9.53 Å².